The fourth-order valence-corrected chi connectivity index (χ4v) is 1.61. The van der Waals surface area contributed by atoms with Gasteiger partial charge in [0.05, 0.1) is 18.3 Å². The molecule has 0 saturated heterocycles. The molecule has 5 atom stereocenters. The van der Waals surface area contributed by atoms with Gasteiger partial charge in [0.2, 0.25) is 0 Å². The summed E-state index contributed by atoms with van der Waals surface area (Å²) in [6.07, 6.45) is -1.31. The molecule has 1 aliphatic rings. The summed E-state index contributed by atoms with van der Waals surface area (Å²) in [6, 6.07) is 0. The lowest BCUT2D eigenvalue weighted by Gasteiger charge is -2.37. The number of hydrogen-bond donors (Lipinski definition) is 3. The lowest BCUT2D eigenvalue weighted by molar-refractivity contribution is -0.101. The van der Waals surface area contributed by atoms with Gasteiger partial charge in [-0.05, 0) is 6.42 Å². The number of rotatable bonds is 0. The maximum atomic E-state index is 9.47. The molecule has 0 aliphatic heterocycles. The van der Waals surface area contributed by atoms with Gasteiger partial charge in [-0.15, -0.1) is 0 Å². The van der Waals surface area contributed by atoms with Crippen molar-refractivity contribution < 1.29 is 15.3 Å². The summed E-state index contributed by atoms with van der Waals surface area (Å²) < 4.78 is 0. The zero-order valence-corrected chi connectivity index (χ0v) is 6.94. The Labute approximate surface area is 66.7 Å². The van der Waals surface area contributed by atoms with Gasteiger partial charge >= 0.3 is 0 Å². The van der Waals surface area contributed by atoms with E-state index in [0.717, 1.165) is 0 Å². The molecule has 3 N–H and O–H groups in total. The van der Waals surface area contributed by atoms with Crippen LogP contribution in [0.2, 0.25) is 0 Å². The molecular weight excluding hydrogens is 144 g/mol. The van der Waals surface area contributed by atoms with Gasteiger partial charge in [0.15, 0.2) is 0 Å². The molecule has 0 bridgehead atoms. The fraction of sp³-hybridized carbons (Fsp3) is 1.00. The van der Waals surface area contributed by atoms with Crippen LogP contribution in [0.1, 0.15) is 20.3 Å². The van der Waals surface area contributed by atoms with Gasteiger partial charge < -0.3 is 15.3 Å². The van der Waals surface area contributed by atoms with Crippen LogP contribution in [-0.4, -0.2) is 33.6 Å². The highest BCUT2D eigenvalue weighted by Gasteiger charge is 2.37. The summed E-state index contributed by atoms with van der Waals surface area (Å²) in [5, 5.41) is 28.1. The van der Waals surface area contributed by atoms with Crippen molar-refractivity contribution in [3.63, 3.8) is 0 Å². The maximum absolute atomic E-state index is 9.47. The molecule has 0 unspecified atom stereocenters. The largest absolute Gasteiger partial charge is 0.393 e. The second kappa shape index (κ2) is 3.09. The molecule has 0 aromatic heterocycles. The van der Waals surface area contributed by atoms with Crippen LogP contribution in [0.5, 0.6) is 0 Å². The molecular formula is C8H16O3. The summed E-state index contributed by atoms with van der Waals surface area (Å²) in [6.45, 7) is 3.61. The van der Waals surface area contributed by atoms with Crippen molar-refractivity contribution in [1.29, 1.82) is 0 Å². The van der Waals surface area contributed by atoms with Gasteiger partial charge in [-0.25, -0.2) is 0 Å². The quantitative estimate of drug-likeness (QED) is 0.458. The van der Waals surface area contributed by atoms with Gasteiger partial charge in [0.25, 0.3) is 0 Å². The molecule has 0 aromatic rings. The fourth-order valence-electron chi connectivity index (χ4n) is 1.61. The first-order valence-electron chi connectivity index (χ1n) is 4.08. The van der Waals surface area contributed by atoms with Crippen LogP contribution in [0.25, 0.3) is 0 Å². The van der Waals surface area contributed by atoms with Crippen molar-refractivity contribution in [2.24, 2.45) is 11.8 Å². The van der Waals surface area contributed by atoms with Crippen molar-refractivity contribution in [3.05, 3.63) is 0 Å². The Morgan fingerprint density at radius 2 is 1.27 bits per heavy atom. The summed E-state index contributed by atoms with van der Waals surface area (Å²) in [7, 11) is 0. The molecule has 66 valence electrons. The third-order valence-corrected chi connectivity index (χ3v) is 2.77. The normalized spacial score (nSPS) is 52.6. The van der Waals surface area contributed by atoms with Gasteiger partial charge in [0.1, 0.15) is 0 Å². The molecule has 0 aromatic carbocycles. The third kappa shape index (κ3) is 1.55. The SMILES string of the molecule is C[C@@H]1[C@@H](O)[C@H](C)[C@@H](O)C[C@H]1O. The van der Waals surface area contributed by atoms with E-state index in [1.807, 2.05) is 0 Å². The summed E-state index contributed by atoms with van der Waals surface area (Å²) in [4.78, 5) is 0. The first-order valence-corrected chi connectivity index (χ1v) is 4.08. The van der Waals surface area contributed by atoms with Gasteiger partial charge in [-0.2, -0.15) is 0 Å². The average Bonchev–Trinajstić information content (AvgIpc) is 1.97. The van der Waals surface area contributed by atoms with Crippen LogP contribution in [-0.2, 0) is 0 Å². The minimum atomic E-state index is -0.575. The highest BCUT2D eigenvalue weighted by atomic mass is 16.3. The molecule has 1 saturated carbocycles. The van der Waals surface area contributed by atoms with Crippen molar-refractivity contribution in [2.45, 2.75) is 38.6 Å². The Morgan fingerprint density at radius 1 is 0.909 bits per heavy atom. The highest BCUT2D eigenvalue weighted by molar-refractivity contribution is 4.87. The van der Waals surface area contributed by atoms with E-state index in [-0.39, 0.29) is 11.8 Å². The first kappa shape index (κ1) is 8.97. The third-order valence-electron chi connectivity index (χ3n) is 2.77. The van der Waals surface area contributed by atoms with Crippen LogP contribution in [0, 0.1) is 11.8 Å². The molecule has 0 spiro atoms. The van der Waals surface area contributed by atoms with E-state index in [1.54, 1.807) is 13.8 Å². The predicted octanol–water partition coefficient (Wildman–Crippen LogP) is -0.255. The summed E-state index contributed by atoms with van der Waals surface area (Å²) in [5.41, 5.74) is 0. The Balaban J connectivity index is 2.63. The van der Waals surface area contributed by atoms with Crippen molar-refractivity contribution in [1.82, 2.24) is 0 Å². The molecule has 0 heterocycles. The smallest absolute Gasteiger partial charge is 0.0640 e. The lowest BCUT2D eigenvalue weighted by atomic mass is 9.77. The van der Waals surface area contributed by atoms with E-state index in [4.69, 9.17) is 0 Å². The van der Waals surface area contributed by atoms with Crippen LogP contribution in [0.3, 0.4) is 0 Å². The maximum Gasteiger partial charge on any atom is 0.0640 e. The minimum absolute atomic E-state index is 0.117. The Kier molecular flexibility index (Phi) is 2.52. The van der Waals surface area contributed by atoms with Crippen LogP contribution >= 0.6 is 0 Å². The second-order valence-corrected chi connectivity index (χ2v) is 3.58. The van der Waals surface area contributed by atoms with Crippen molar-refractivity contribution in [3.8, 4) is 0 Å². The molecule has 1 aliphatic carbocycles. The van der Waals surface area contributed by atoms with E-state index < -0.39 is 18.3 Å². The van der Waals surface area contributed by atoms with E-state index in [1.165, 1.54) is 0 Å². The molecule has 11 heavy (non-hydrogen) atoms. The Morgan fingerprint density at radius 3 is 1.64 bits per heavy atom. The molecule has 0 radical (unpaired) electrons. The van der Waals surface area contributed by atoms with Crippen LogP contribution < -0.4 is 0 Å². The highest BCUT2D eigenvalue weighted by Crippen LogP contribution is 2.29. The predicted molar refractivity (Wildman–Crippen MR) is 41.0 cm³/mol. The van der Waals surface area contributed by atoms with Gasteiger partial charge in [-0.1, -0.05) is 13.8 Å². The van der Waals surface area contributed by atoms with Crippen molar-refractivity contribution in [2.75, 3.05) is 0 Å². The standard InChI is InChI=1S/C8H16O3/c1-4-6(9)3-7(10)5(2)8(4)11/h4-11H,3H2,1-2H3/t4-,5+,6+,7-,8+. The molecule has 3 nitrogen and oxygen atoms in total. The number of aliphatic hydroxyl groups is 3. The first-order chi connectivity index (χ1) is 5.04. The zero-order chi connectivity index (χ0) is 8.59. The van der Waals surface area contributed by atoms with Gasteiger partial charge in [0, 0.05) is 11.8 Å². The summed E-state index contributed by atoms with van der Waals surface area (Å²) in [5.74, 6) is -0.234. The number of aliphatic hydroxyl groups excluding tert-OH is 3. The molecule has 3 heteroatoms. The van der Waals surface area contributed by atoms with E-state index >= 15 is 0 Å². The van der Waals surface area contributed by atoms with Crippen LogP contribution in [0.4, 0.5) is 0 Å². The van der Waals surface area contributed by atoms with E-state index in [0.29, 0.717) is 6.42 Å². The monoisotopic (exact) mass is 160 g/mol. The average molecular weight is 160 g/mol. The van der Waals surface area contributed by atoms with E-state index in [9.17, 15) is 15.3 Å². The zero-order valence-electron chi connectivity index (χ0n) is 6.94. The van der Waals surface area contributed by atoms with Gasteiger partial charge in [-0.3, -0.25) is 0 Å². The van der Waals surface area contributed by atoms with Crippen LogP contribution in [0.15, 0.2) is 0 Å². The number of hydrogen-bond acceptors (Lipinski definition) is 3. The molecule has 0 amide bonds. The Bertz CT molecular complexity index is 123. The lowest BCUT2D eigenvalue weighted by Crippen LogP contribution is -2.46. The summed E-state index contributed by atoms with van der Waals surface area (Å²) >= 11 is 0. The topological polar surface area (TPSA) is 60.7 Å². The molecule has 1 rings (SSSR count). The van der Waals surface area contributed by atoms with E-state index in [2.05, 4.69) is 0 Å². The van der Waals surface area contributed by atoms with Crippen molar-refractivity contribution >= 4 is 0 Å². The minimum Gasteiger partial charge on any atom is -0.393 e. The Hall–Kier alpha value is -0.120. The second-order valence-electron chi connectivity index (χ2n) is 3.58. The molecule has 1 fully saturated rings.